The summed E-state index contributed by atoms with van der Waals surface area (Å²) in [4.78, 5) is 4.40. The van der Waals surface area contributed by atoms with Crippen LogP contribution >= 0.6 is 15.9 Å². The van der Waals surface area contributed by atoms with E-state index in [2.05, 4.69) is 52.1 Å². The van der Waals surface area contributed by atoms with Gasteiger partial charge in [-0.2, -0.15) is 0 Å². The van der Waals surface area contributed by atoms with E-state index in [4.69, 9.17) is 0 Å². The molecule has 1 aromatic heterocycles. The molecule has 0 atom stereocenters. The molecule has 0 aliphatic rings. The molecule has 0 amide bonds. The van der Waals surface area contributed by atoms with Crippen molar-refractivity contribution in [1.29, 1.82) is 0 Å². The van der Waals surface area contributed by atoms with Gasteiger partial charge in [0.25, 0.3) is 0 Å². The molecule has 13 heavy (non-hydrogen) atoms. The van der Waals surface area contributed by atoms with Gasteiger partial charge in [-0.1, -0.05) is 25.1 Å². The second kappa shape index (κ2) is 3.46. The minimum Gasteiger partial charge on any atom is -0.255 e. The van der Waals surface area contributed by atoms with Gasteiger partial charge < -0.3 is 0 Å². The van der Waals surface area contributed by atoms with E-state index < -0.39 is 0 Å². The SMILES string of the molecule is CCc1cccc2cc(Br)cnc12. The van der Waals surface area contributed by atoms with Gasteiger partial charge in [-0.3, -0.25) is 4.98 Å². The zero-order valence-corrected chi connectivity index (χ0v) is 9.01. The molecule has 0 N–H and O–H groups in total. The van der Waals surface area contributed by atoms with Gasteiger partial charge in [0.05, 0.1) is 5.52 Å². The average molecular weight is 236 g/mol. The lowest BCUT2D eigenvalue weighted by molar-refractivity contribution is 1.14. The largest absolute Gasteiger partial charge is 0.255 e. The van der Waals surface area contributed by atoms with Crippen LogP contribution in [0.15, 0.2) is 34.9 Å². The summed E-state index contributed by atoms with van der Waals surface area (Å²) in [5.41, 5.74) is 2.43. The Kier molecular flexibility index (Phi) is 2.32. The summed E-state index contributed by atoms with van der Waals surface area (Å²) in [5.74, 6) is 0. The van der Waals surface area contributed by atoms with Gasteiger partial charge in [-0.25, -0.2) is 0 Å². The van der Waals surface area contributed by atoms with Crippen LogP contribution in [0.25, 0.3) is 10.9 Å². The first-order chi connectivity index (χ1) is 6.31. The highest BCUT2D eigenvalue weighted by molar-refractivity contribution is 9.10. The number of nitrogens with zero attached hydrogens (tertiary/aromatic N) is 1. The standard InChI is InChI=1S/C11H10BrN/c1-2-8-4-3-5-9-6-10(12)7-13-11(8)9/h3-7H,2H2,1H3. The van der Waals surface area contributed by atoms with Crippen molar-refractivity contribution in [1.82, 2.24) is 4.98 Å². The third-order valence-corrected chi connectivity index (χ3v) is 2.58. The minimum absolute atomic E-state index is 1.03. The molecule has 66 valence electrons. The zero-order valence-electron chi connectivity index (χ0n) is 7.42. The fraction of sp³-hybridized carbons (Fsp3) is 0.182. The Morgan fingerprint density at radius 3 is 3.00 bits per heavy atom. The first-order valence-corrected chi connectivity index (χ1v) is 5.13. The lowest BCUT2D eigenvalue weighted by atomic mass is 10.1. The van der Waals surface area contributed by atoms with E-state index >= 15 is 0 Å². The molecule has 0 fully saturated rings. The maximum absolute atomic E-state index is 4.40. The Hall–Kier alpha value is -0.890. The van der Waals surface area contributed by atoms with E-state index in [0.717, 1.165) is 16.4 Å². The summed E-state index contributed by atoms with van der Waals surface area (Å²) < 4.78 is 1.04. The molecule has 0 saturated carbocycles. The number of fused-ring (bicyclic) bond motifs is 1. The van der Waals surface area contributed by atoms with Crippen LogP contribution in [0.5, 0.6) is 0 Å². The van der Waals surface area contributed by atoms with E-state index in [1.165, 1.54) is 10.9 Å². The number of aryl methyl sites for hydroxylation is 1. The smallest absolute Gasteiger partial charge is 0.0734 e. The molecule has 1 heterocycles. The second-order valence-electron chi connectivity index (χ2n) is 3.00. The van der Waals surface area contributed by atoms with E-state index in [0.29, 0.717) is 0 Å². The third kappa shape index (κ3) is 1.59. The van der Waals surface area contributed by atoms with Gasteiger partial charge in [0.2, 0.25) is 0 Å². The first-order valence-electron chi connectivity index (χ1n) is 4.34. The second-order valence-corrected chi connectivity index (χ2v) is 3.91. The summed E-state index contributed by atoms with van der Waals surface area (Å²) in [6, 6.07) is 8.40. The molecule has 0 aliphatic heterocycles. The van der Waals surface area contributed by atoms with Crippen LogP contribution in [-0.4, -0.2) is 4.98 Å². The van der Waals surface area contributed by atoms with Crippen LogP contribution < -0.4 is 0 Å². The van der Waals surface area contributed by atoms with Crippen LogP contribution in [0, 0.1) is 0 Å². The summed E-state index contributed by atoms with van der Waals surface area (Å²) in [5, 5.41) is 1.20. The predicted octanol–water partition coefficient (Wildman–Crippen LogP) is 3.56. The number of halogens is 1. The maximum atomic E-state index is 4.40. The molecule has 0 unspecified atom stereocenters. The molecule has 1 nitrogen and oxygen atoms in total. The maximum Gasteiger partial charge on any atom is 0.0734 e. The van der Waals surface area contributed by atoms with E-state index in [1.54, 1.807) is 0 Å². The topological polar surface area (TPSA) is 12.9 Å². The Balaban J connectivity index is 2.77. The van der Waals surface area contributed by atoms with Crippen molar-refractivity contribution >= 4 is 26.8 Å². The predicted molar refractivity (Wildman–Crippen MR) is 58.8 cm³/mol. The average Bonchev–Trinajstić information content (AvgIpc) is 2.16. The highest BCUT2D eigenvalue weighted by atomic mass is 79.9. The monoisotopic (exact) mass is 235 g/mol. The van der Waals surface area contributed by atoms with Gasteiger partial charge in [0.15, 0.2) is 0 Å². The summed E-state index contributed by atoms with van der Waals surface area (Å²) in [7, 11) is 0. The number of pyridine rings is 1. The number of aromatic nitrogens is 1. The number of para-hydroxylation sites is 1. The molecule has 0 spiro atoms. The van der Waals surface area contributed by atoms with Gasteiger partial charge in [-0.05, 0) is 34.0 Å². The van der Waals surface area contributed by atoms with Crippen LogP contribution in [0.2, 0.25) is 0 Å². The number of hydrogen-bond donors (Lipinski definition) is 0. The quantitative estimate of drug-likeness (QED) is 0.737. The van der Waals surface area contributed by atoms with E-state index in [1.807, 2.05) is 6.20 Å². The van der Waals surface area contributed by atoms with Crippen molar-refractivity contribution in [3.8, 4) is 0 Å². The van der Waals surface area contributed by atoms with Gasteiger partial charge in [-0.15, -0.1) is 0 Å². The van der Waals surface area contributed by atoms with Crippen molar-refractivity contribution in [2.45, 2.75) is 13.3 Å². The van der Waals surface area contributed by atoms with Crippen molar-refractivity contribution in [2.75, 3.05) is 0 Å². The lowest BCUT2D eigenvalue weighted by Crippen LogP contribution is -1.86. The Labute approximate surface area is 85.9 Å². The molecule has 1 aromatic carbocycles. The summed E-state index contributed by atoms with van der Waals surface area (Å²) in [6.07, 6.45) is 2.88. The van der Waals surface area contributed by atoms with Crippen LogP contribution in [0.1, 0.15) is 12.5 Å². The fourth-order valence-electron chi connectivity index (χ4n) is 1.48. The summed E-state index contributed by atoms with van der Waals surface area (Å²) in [6.45, 7) is 2.15. The normalized spacial score (nSPS) is 10.6. The molecular formula is C11H10BrN. The molecule has 0 saturated heterocycles. The number of hydrogen-bond acceptors (Lipinski definition) is 1. The summed E-state index contributed by atoms with van der Waals surface area (Å²) >= 11 is 3.42. The Morgan fingerprint density at radius 1 is 1.38 bits per heavy atom. The van der Waals surface area contributed by atoms with Gasteiger partial charge in [0, 0.05) is 16.1 Å². The Bertz CT molecular complexity index is 437. The lowest BCUT2D eigenvalue weighted by Gasteiger charge is -2.02. The highest BCUT2D eigenvalue weighted by Crippen LogP contribution is 2.20. The first kappa shape index (κ1) is 8.70. The molecular weight excluding hydrogens is 226 g/mol. The highest BCUT2D eigenvalue weighted by Gasteiger charge is 1.99. The molecule has 2 heteroatoms. The molecule has 0 aliphatic carbocycles. The van der Waals surface area contributed by atoms with Crippen molar-refractivity contribution < 1.29 is 0 Å². The number of rotatable bonds is 1. The van der Waals surface area contributed by atoms with Crippen LogP contribution in [-0.2, 0) is 6.42 Å². The third-order valence-electron chi connectivity index (χ3n) is 2.14. The fourth-order valence-corrected chi connectivity index (χ4v) is 1.83. The van der Waals surface area contributed by atoms with E-state index in [-0.39, 0.29) is 0 Å². The molecule has 2 rings (SSSR count). The van der Waals surface area contributed by atoms with Crippen molar-refractivity contribution in [2.24, 2.45) is 0 Å². The van der Waals surface area contributed by atoms with Crippen molar-refractivity contribution in [3.63, 3.8) is 0 Å². The van der Waals surface area contributed by atoms with Crippen LogP contribution in [0.3, 0.4) is 0 Å². The molecule has 0 radical (unpaired) electrons. The van der Waals surface area contributed by atoms with Crippen LogP contribution in [0.4, 0.5) is 0 Å². The molecule has 2 aromatic rings. The van der Waals surface area contributed by atoms with Gasteiger partial charge in [0.1, 0.15) is 0 Å². The Morgan fingerprint density at radius 2 is 2.23 bits per heavy atom. The zero-order chi connectivity index (χ0) is 9.26. The van der Waals surface area contributed by atoms with E-state index in [9.17, 15) is 0 Å². The molecule has 0 bridgehead atoms. The minimum atomic E-state index is 1.03. The number of benzene rings is 1. The van der Waals surface area contributed by atoms with Crippen molar-refractivity contribution in [3.05, 3.63) is 40.5 Å². The van der Waals surface area contributed by atoms with Gasteiger partial charge >= 0.3 is 0 Å².